The summed E-state index contributed by atoms with van der Waals surface area (Å²) < 4.78 is 13.7. The van der Waals surface area contributed by atoms with Crippen LogP contribution >= 0.6 is 27.3 Å². The lowest BCUT2D eigenvalue weighted by molar-refractivity contribution is 0.0950. The number of nitrogens with one attached hydrogen (secondary N) is 1. The van der Waals surface area contributed by atoms with E-state index >= 15 is 0 Å². The third kappa shape index (κ3) is 2.97. The molecule has 2 nitrogen and oxygen atoms in total. The Bertz CT molecular complexity index is 582. The predicted molar refractivity (Wildman–Crippen MR) is 74.3 cm³/mol. The van der Waals surface area contributed by atoms with Crippen molar-refractivity contribution in [1.29, 1.82) is 0 Å². The molecule has 1 aromatic heterocycles. The summed E-state index contributed by atoms with van der Waals surface area (Å²) >= 11 is 4.83. The van der Waals surface area contributed by atoms with E-state index in [-0.39, 0.29) is 5.91 Å². The van der Waals surface area contributed by atoms with Crippen LogP contribution in [0, 0.1) is 12.7 Å². The largest absolute Gasteiger partial charge is 0.347 e. The number of aryl methyl sites for hydroxylation is 1. The Morgan fingerprint density at radius 2 is 2.22 bits per heavy atom. The van der Waals surface area contributed by atoms with E-state index < -0.39 is 5.82 Å². The second kappa shape index (κ2) is 5.63. The Hall–Kier alpha value is -1.20. The van der Waals surface area contributed by atoms with Gasteiger partial charge in [-0.25, -0.2) is 4.39 Å². The molecule has 1 heterocycles. The Morgan fingerprint density at radius 3 is 2.89 bits per heavy atom. The maximum absolute atomic E-state index is 13.1. The van der Waals surface area contributed by atoms with Gasteiger partial charge in [0.2, 0.25) is 0 Å². The fourth-order valence-corrected chi connectivity index (χ4v) is 2.79. The minimum Gasteiger partial charge on any atom is -0.347 e. The summed E-state index contributed by atoms with van der Waals surface area (Å²) in [6, 6.07) is 6.07. The van der Waals surface area contributed by atoms with E-state index in [1.54, 1.807) is 11.3 Å². The van der Waals surface area contributed by atoms with Crippen LogP contribution in [0.2, 0.25) is 0 Å². The van der Waals surface area contributed by atoms with Gasteiger partial charge in [-0.1, -0.05) is 0 Å². The van der Waals surface area contributed by atoms with Crippen LogP contribution in [-0.2, 0) is 6.54 Å². The molecule has 0 fully saturated rings. The smallest absolute Gasteiger partial charge is 0.252 e. The third-order valence-corrected chi connectivity index (χ3v) is 4.27. The fourth-order valence-electron chi connectivity index (χ4n) is 1.51. The highest BCUT2D eigenvalue weighted by Gasteiger charge is 2.11. The van der Waals surface area contributed by atoms with Crippen molar-refractivity contribution in [2.75, 3.05) is 0 Å². The molecule has 0 aliphatic heterocycles. The molecular formula is C13H11BrFNOS. The second-order valence-electron chi connectivity index (χ2n) is 3.83. The summed E-state index contributed by atoms with van der Waals surface area (Å²) in [5, 5.41) is 4.77. The molecule has 0 saturated carbocycles. The standard InChI is InChI=1S/C13H11BrFNOS/c1-8-4-5-18-12(8)7-16-13(17)10-6-9(15)2-3-11(10)14/h2-6H,7H2,1H3,(H,16,17). The van der Waals surface area contributed by atoms with Gasteiger partial charge in [0.25, 0.3) is 5.91 Å². The molecule has 0 radical (unpaired) electrons. The van der Waals surface area contributed by atoms with Crippen LogP contribution in [0.25, 0.3) is 0 Å². The average Bonchev–Trinajstić information content (AvgIpc) is 2.75. The van der Waals surface area contributed by atoms with E-state index in [1.165, 1.54) is 18.2 Å². The first-order valence-electron chi connectivity index (χ1n) is 5.34. The van der Waals surface area contributed by atoms with Gasteiger partial charge in [0.05, 0.1) is 12.1 Å². The summed E-state index contributed by atoms with van der Waals surface area (Å²) in [6.45, 7) is 2.46. The van der Waals surface area contributed by atoms with Crippen molar-refractivity contribution in [2.45, 2.75) is 13.5 Å². The highest BCUT2D eigenvalue weighted by Crippen LogP contribution is 2.19. The van der Waals surface area contributed by atoms with Gasteiger partial charge in [0.1, 0.15) is 5.82 Å². The third-order valence-electron chi connectivity index (χ3n) is 2.55. The number of benzene rings is 1. The van der Waals surface area contributed by atoms with Gasteiger partial charge in [0.15, 0.2) is 0 Å². The molecule has 0 unspecified atom stereocenters. The number of thiophene rings is 1. The summed E-state index contributed by atoms with van der Waals surface area (Å²) in [4.78, 5) is 13.0. The number of hydrogen-bond donors (Lipinski definition) is 1. The first-order valence-corrected chi connectivity index (χ1v) is 7.01. The molecular weight excluding hydrogens is 317 g/mol. The van der Waals surface area contributed by atoms with Crippen LogP contribution in [0.4, 0.5) is 4.39 Å². The molecule has 2 aromatic rings. The van der Waals surface area contributed by atoms with E-state index in [0.717, 1.165) is 10.4 Å². The second-order valence-corrected chi connectivity index (χ2v) is 5.69. The maximum Gasteiger partial charge on any atom is 0.252 e. The molecule has 0 atom stereocenters. The van der Waals surface area contributed by atoms with Crippen LogP contribution in [0.5, 0.6) is 0 Å². The average molecular weight is 328 g/mol. The summed E-state index contributed by atoms with van der Waals surface area (Å²) in [5.74, 6) is -0.704. The summed E-state index contributed by atoms with van der Waals surface area (Å²) in [7, 11) is 0. The molecule has 18 heavy (non-hydrogen) atoms. The monoisotopic (exact) mass is 327 g/mol. The van der Waals surface area contributed by atoms with Crippen molar-refractivity contribution in [3.63, 3.8) is 0 Å². The van der Waals surface area contributed by atoms with Crippen LogP contribution in [0.3, 0.4) is 0 Å². The molecule has 1 aromatic carbocycles. The number of carbonyl (C=O) groups excluding carboxylic acids is 1. The lowest BCUT2D eigenvalue weighted by Gasteiger charge is -2.06. The quantitative estimate of drug-likeness (QED) is 0.910. The SMILES string of the molecule is Cc1ccsc1CNC(=O)c1cc(F)ccc1Br. The Labute approximate surface area is 117 Å². The first-order chi connectivity index (χ1) is 8.58. The number of halogens is 2. The van der Waals surface area contributed by atoms with E-state index in [9.17, 15) is 9.18 Å². The van der Waals surface area contributed by atoms with Crippen molar-refractivity contribution >= 4 is 33.2 Å². The zero-order chi connectivity index (χ0) is 13.1. The molecule has 0 spiro atoms. The number of carbonyl (C=O) groups is 1. The lowest BCUT2D eigenvalue weighted by atomic mass is 10.2. The molecule has 0 saturated heterocycles. The highest BCUT2D eigenvalue weighted by molar-refractivity contribution is 9.10. The van der Waals surface area contributed by atoms with Gasteiger partial charge >= 0.3 is 0 Å². The zero-order valence-electron chi connectivity index (χ0n) is 9.67. The van der Waals surface area contributed by atoms with Crippen LogP contribution in [0.1, 0.15) is 20.8 Å². The number of hydrogen-bond acceptors (Lipinski definition) is 2. The van der Waals surface area contributed by atoms with E-state index in [2.05, 4.69) is 21.2 Å². The van der Waals surface area contributed by atoms with Crippen molar-refractivity contribution in [2.24, 2.45) is 0 Å². The van der Waals surface area contributed by atoms with Gasteiger partial charge in [-0.2, -0.15) is 0 Å². The van der Waals surface area contributed by atoms with Crippen LogP contribution in [0.15, 0.2) is 34.1 Å². The Balaban J connectivity index is 2.08. The molecule has 1 N–H and O–H groups in total. The zero-order valence-corrected chi connectivity index (χ0v) is 12.1. The maximum atomic E-state index is 13.1. The molecule has 2 rings (SSSR count). The first kappa shape index (κ1) is 13.2. The van der Waals surface area contributed by atoms with E-state index in [1.807, 2.05) is 18.4 Å². The Morgan fingerprint density at radius 1 is 1.44 bits per heavy atom. The predicted octanol–water partition coefficient (Wildman–Crippen LogP) is 3.89. The van der Waals surface area contributed by atoms with Crippen LogP contribution < -0.4 is 5.32 Å². The highest BCUT2D eigenvalue weighted by atomic mass is 79.9. The molecule has 0 aliphatic carbocycles. The summed E-state index contributed by atoms with van der Waals surface area (Å²) in [5.41, 5.74) is 1.46. The van der Waals surface area contributed by atoms with Gasteiger partial charge in [0, 0.05) is 9.35 Å². The van der Waals surface area contributed by atoms with E-state index in [4.69, 9.17) is 0 Å². The number of rotatable bonds is 3. The van der Waals surface area contributed by atoms with Gasteiger partial charge in [-0.05, 0) is 58.1 Å². The van der Waals surface area contributed by atoms with Gasteiger partial charge < -0.3 is 5.32 Å². The Kier molecular flexibility index (Phi) is 4.14. The van der Waals surface area contributed by atoms with Crippen molar-refractivity contribution in [3.8, 4) is 0 Å². The minimum atomic E-state index is -0.421. The normalized spacial score (nSPS) is 10.4. The molecule has 0 bridgehead atoms. The van der Waals surface area contributed by atoms with E-state index in [0.29, 0.717) is 16.6 Å². The minimum absolute atomic E-state index is 0.283. The van der Waals surface area contributed by atoms with Gasteiger partial charge in [-0.15, -0.1) is 11.3 Å². The fraction of sp³-hybridized carbons (Fsp3) is 0.154. The van der Waals surface area contributed by atoms with Gasteiger partial charge in [-0.3, -0.25) is 4.79 Å². The molecule has 0 aliphatic rings. The van der Waals surface area contributed by atoms with Crippen molar-refractivity contribution in [3.05, 3.63) is 55.9 Å². The molecule has 94 valence electrons. The summed E-state index contributed by atoms with van der Waals surface area (Å²) in [6.07, 6.45) is 0. The topological polar surface area (TPSA) is 29.1 Å². The van der Waals surface area contributed by atoms with Crippen molar-refractivity contribution < 1.29 is 9.18 Å². The lowest BCUT2D eigenvalue weighted by Crippen LogP contribution is -2.23. The van der Waals surface area contributed by atoms with Crippen LogP contribution in [-0.4, -0.2) is 5.91 Å². The van der Waals surface area contributed by atoms with Crippen molar-refractivity contribution in [1.82, 2.24) is 5.32 Å². The molecule has 1 amide bonds. The number of amides is 1. The molecule has 5 heteroatoms.